The number of halogens is 1. The molecule has 0 bridgehead atoms. The third kappa shape index (κ3) is 4.45. The number of hydrogen-bond donors (Lipinski definition) is 1. The van der Waals surface area contributed by atoms with Crippen LogP contribution in [-0.2, 0) is 17.9 Å². The Bertz CT molecular complexity index is 755. The lowest BCUT2D eigenvalue weighted by atomic mass is 10.2. The molecule has 4 nitrogen and oxygen atoms in total. The van der Waals surface area contributed by atoms with Crippen molar-refractivity contribution in [1.82, 2.24) is 10.2 Å². The molecule has 126 valence electrons. The average Bonchev–Trinajstić information content (AvgIpc) is 3.27. The summed E-state index contributed by atoms with van der Waals surface area (Å²) in [5.41, 5.74) is 1.12. The Morgan fingerprint density at radius 3 is 2.75 bits per heavy atom. The molecular formula is C18H19BrN2O2S. The van der Waals surface area contributed by atoms with Gasteiger partial charge >= 0.3 is 0 Å². The minimum absolute atomic E-state index is 0.0643. The van der Waals surface area contributed by atoms with Crippen LogP contribution >= 0.6 is 27.3 Å². The van der Waals surface area contributed by atoms with Crippen LogP contribution in [0.1, 0.15) is 39.9 Å². The molecule has 1 N–H and O–H groups in total. The van der Waals surface area contributed by atoms with Gasteiger partial charge in [-0.1, -0.05) is 28.1 Å². The van der Waals surface area contributed by atoms with Gasteiger partial charge in [-0.05, 0) is 42.7 Å². The number of nitrogens with zero attached hydrogens (tertiary/aromatic N) is 1. The maximum absolute atomic E-state index is 12.9. The second-order valence-corrected chi connectivity index (χ2v) is 8.05. The highest BCUT2D eigenvalue weighted by Crippen LogP contribution is 2.31. The van der Waals surface area contributed by atoms with Crippen molar-refractivity contribution < 1.29 is 9.59 Å². The van der Waals surface area contributed by atoms with Gasteiger partial charge < -0.3 is 10.2 Å². The monoisotopic (exact) mass is 406 g/mol. The Morgan fingerprint density at radius 1 is 1.29 bits per heavy atom. The van der Waals surface area contributed by atoms with Crippen LogP contribution in [0.25, 0.3) is 0 Å². The van der Waals surface area contributed by atoms with Crippen LogP contribution in [0.2, 0.25) is 0 Å². The molecule has 2 aromatic rings. The van der Waals surface area contributed by atoms with Crippen LogP contribution in [0.4, 0.5) is 0 Å². The lowest BCUT2D eigenvalue weighted by Gasteiger charge is -2.22. The fraction of sp³-hybridized carbons (Fsp3) is 0.333. The largest absolute Gasteiger partial charge is 0.351 e. The second-order valence-electron chi connectivity index (χ2n) is 5.97. The number of amides is 2. The van der Waals surface area contributed by atoms with Crippen molar-refractivity contribution in [2.75, 3.05) is 0 Å². The maximum atomic E-state index is 12.9. The summed E-state index contributed by atoms with van der Waals surface area (Å²) in [5.74, 6) is 0.0158. The molecule has 3 rings (SSSR count). The molecule has 1 aromatic heterocycles. The number of carbonyl (C=O) groups excluding carboxylic acids is 2. The molecule has 1 fully saturated rings. The molecule has 1 saturated carbocycles. The van der Waals surface area contributed by atoms with Crippen LogP contribution in [0.3, 0.4) is 0 Å². The first-order chi connectivity index (χ1) is 11.5. The molecule has 0 unspecified atom stereocenters. The van der Waals surface area contributed by atoms with E-state index in [9.17, 15) is 9.59 Å². The summed E-state index contributed by atoms with van der Waals surface area (Å²) in [6.45, 7) is 2.59. The van der Waals surface area contributed by atoms with Crippen molar-refractivity contribution in [3.63, 3.8) is 0 Å². The summed E-state index contributed by atoms with van der Waals surface area (Å²) >= 11 is 4.94. The van der Waals surface area contributed by atoms with E-state index >= 15 is 0 Å². The molecule has 0 spiro atoms. The van der Waals surface area contributed by atoms with Crippen LogP contribution in [0.15, 0.2) is 40.9 Å². The zero-order chi connectivity index (χ0) is 17.1. The van der Waals surface area contributed by atoms with E-state index in [1.807, 2.05) is 35.2 Å². The molecule has 0 atom stereocenters. The predicted octanol–water partition coefficient (Wildman–Crippen LogP) is 3.95. The van der Waals surface area contributed by atoms with Gasteiger partial charge in [0.15, 0.2) is 0 Å². The van der Waals surface area contributed by atoms with Crippen molar-refractivity contribution in [3.05, 3.63) is 56.2 Å². The number of rotatable bonds is 6. The van der Waals surface area contributed by atoms with E-state index in [2.05, 4.69) is 27.3 Å². The fourth-order valence-electron chi connectivity index (χ4n) is 2.53. The SMILES string of the molecule is CC(=O)NCc1ccc(C(=O)N(Cc2cccc(Br)c2)C2CC2)s1. The van der Waals surface area contributed by atoms with E-state index < -0.39 is 0 Å². The molecule has 6 heteroatoms. The number of thiophene rings is 1. The third-order valence-corrected chi connectivity index (χ3v) is 5.44. The topological polar surface area (TPSA) is 49.4 Å². The number of carbonyl (C=O) groups is 2. The van der Waals surface area contributed by atoms with E-state index in [0.717, 1.165) is 32.6 Å². The number of nitrogens with one attached hydrogen (secondary N) is 1. The minimum atomic E-state index is -0.0643. The molecule has 0 aliphatic heterocycles. The predicted molar refractivity (Wildman–Crippen MR) is 98.9 cm³/mol. The summed E-state index contributed by atoms with van der Waals surface area (Å²) < 4.78 is 1.02. The molecule has 1 aliphatic rings. The first-order valence-corrected chi connectivity index (χ1v) is 9.52. The second kappa shape index (κ2) is 7.49. The van der Waals surface area contributed by atoms with E-state index in [0.29, 0.717) is 19.1 Å². The first-order valence-electron chi connectivity index (χ1n) is 7.91. The van der Waals surface area contributed by atoms with Gasteiger partial charge in [0.1, 0.15) is 0 Å². The molecule has 1 aliphatic carbocycles. The van der Waals surface area contributed by atoms with Crippen molar-refractivity contribution in [3.8, 4) is 0 Å². The van der Waals surface area contributed by atoms with Crippen LogP contribution in [0, 0.1) is 0 Å². The standard InChI is InChI=1S/C18H19BrN2O2S/c1-12(22)20-10-16-7-8-17(24-16)18(23)21(15-5-6-15)11-13-3-2-4-14(19)9-13/h2-4,7-9,15H,5-6,10-11H2,1H3,(H,20,22). The summed E-state index contributed by atoms with van der Waals surface area (Å²) in [6.07, 6.45) is 2.15. The van der Waals surface area contributed by atoms with Gasteiger partial charge in [-0.25, -0.2) is 0 Å². The maximum Gasteiger partial charge on any atom is 0.264 e. The normalized spacial score (nSPS) is 13.6. The first kappa shape index (κ1) is 17.2. The van der Waals surface area contributed by atoms with Crippen LogP contribution in [-0.4, -0.2) is 22.8 Å². The van der Waals surface area contributed by atoms with E-state index in [1.165, 1.54) is 18.3 Å². The Kier molecular flexibility index (Phi) is 5.36. The summed E-state index contributed by atoms with van der Waals surface area (Å²) in [7, 11) is 0. The van der Waals surface area contributed by atoms with Gasteiger partial charge in [-0.15, -0.1) is 11.3 Å². The van der Waals surface area contributed by atoms with E-state index in [1.54, 1.807) is 0 Å². The molecule has 1 heterocycles. The van der Waals surface area contributed by atoms with Crippen LogP contribution in [0.5, 0.6) is 0 Å². The van der Waals surface area contributed by atoms with Gasteiger partial charge in [-0.2, -0.15) is 0 Å². The fourth-order valence-corrected chi connectivity index (χ4v) is 3.88. The van der Waals surface area contributed by atoms with Crippen molar-refractivity contribution in [2.24, 2.45) is 0 Å². The third-order valence-electron chi connectivity index (χ3n) is 3.87. The van der Waals surface area contributed by atoms with Gasteiger partial charge in [0.05, 0.1) is 11.4 Å². The van der Waals surface area contributed by atoms with Crippen molar-refractivity contribution in [2.45, 2.75) is 38.9 Å². The van der Waals surface area contributed by atoms with Crippen LogP contribution < -0.4 is 5.32 Å². The van der Waals surface area contributed by atoms with E-state index in [4.69, 9.17) is 0 Å². The van der Waals surface area contributed by atoms with Gasteiger partial charge in [0.25, 0.3) is 5.91 Å². The lowest BCUT2D eigenvalue weighted by Crippen LogP contribution is -2.32. The van der Waals surface area contributed by atoms with E-state index in [-0.39, 0.29) is 11.8 Å². The Balaban J connectivity index is 1.72. The molecule has 0 radical (unpaired) electrons. The highest BCUT2D eigenvalue weighted by molar-refractivity contribution is 9.10. The quantitative estimate of drug-likeness (QED) is 0.789. The smallest absolute Gasteiger partial charge is 0.264 e. The lowest BCUT2D eigenvalue weighted by molar-refractivity contribution is -0.119. The molecule has 24 heavy (non-hydrogen) atoms. The highest BCUT2D eigenvalue weighted by Gasteiger charge is 2.33. The molecule has 1 aromatic carbocycles. The summed E-state index contributed by atoms with van der Waals surface area (Å²) in [4.78, 5) is 27.6. The van der Waals surface area contributed by atoms with Crippen molar-refractivity contribution in [1.29, 1.82) is 0 Å². The zero-order valence-corrected chi connectivity index (χ0v) is 15.8. The van der Waals surface area contributed by atoms with Crippen molar-refractivity contribution >= 4 is 39.1 Å². The number of benzene rings is 1. The minimum Gasteiger partial charge on any atom is -0.351 e. The molecule has 0 saturated heterocycles. The Labute approximate surface area is 154 Å². The Morgan fingerprint density at radius 2 is 2.08 bits per heavy atom. The summed E-state index contributed by atoms with van der Waals surface area (Å²) in [6, 6.07) is 12.2. The molecular weight excluding hydrogens is 388 g/mol. The Hall–Kier alpha value is -1.66. The average molecular weight is 407 g/mol. The van der Waals surface area contributed by atoms with Gasteiger partial charge in [0.2, 0.25) is 5.91 Å². The molecule has 2 amide bonds. The number of hydrogen-bond acceptors (Lipinski definition) is 3. The highest BCUT2D eigenvalue weighted by atomic mass is 79.9. The zero-order valence-electron chi connectivity index (χ0n) is 13.4. The van der Waals surface area contributed by atoms with Gasteiger partial charge in [0, 0.05) is 28.9 Å². The summed E-state index contributed by atoms with van der Waals surface area (Å²) in [5, 5.41) is 2.77. The van der Waals surface area contributed by atoms with Gasteiger partial charge in [-0.3, -0.25) is 9.59 Å².